The van der Waals surface area contributed by atoms with Crippen LogP contribution >= 0.6 is 11.6 Å². The lowest BCUT2D eigenvalue weighted by atomic mass is 9.72. The van der Waals surface area contributed by atoms with Crippen molar-refractivity contribution in [3.8, 4) is 0 Å². The fourth-order valence-electron chi connectivity index (χ4n) is 1.95. The van der Waals surface area contributed by atoms with Crippen LogP contribution in [0.5, 0.6) is 0 Å². The van der Waals surface area contributed by atoms with Crippen molar-refractivity contribution < 1.29 is 18.0 Å². The smallest absolute Gasteiger partial charge is 0.211 e. The Morgan fingerprint density at radius 2 is 1.94 bits per heavy atom. The third-order valence-corrected chi connectivity index (χ3v) is 3.39. The molecule has 0 spiro atoms. The third kappa shape index (κ3) is 1.75. The molecule has 1 fully saturated rings. The largest absolute Gasteiger partial charge is 0.235 e. The number of nitrogens with zero attached hydrogens (tertiary/aromatic N) is 1. The molecule has 0 aliphatic heterocycles. The van der Waals surface area contributed by atoms with Crippen molar-refractivity contribution in [2.45, 2.75) is 24.8 Å². The Hall–Kier alpha value is -1.32. The van der Waals surface area contributed by atoms with Crippen LogP contribution in [-0.4, -0.2) is 6.08 Å². The summed E-state index contributed by atoms with van der Waals surface area (Å²) >= 11 is 5.25. The lowest BCUT2D eigenvalue weighted by molar-refractivity contribution is 0.243. The molecule has 1 aromatic carbocycles. The fourth-order valence-corrected chi connectivity index (χ4v) is 2.09. The van der Waals surface area contributed by atoms with Gasteiger partial charge in [0, 0.05) is 5.56 Å². The highest BCUT2D eigenvalue weighted by atomic mass is 35.5. The minimum atomic E-state index is -1.45. The molecular weight excluding hydrogens is 255 g/mol. The summed E-state index contributed by atoms with van der Waals surface area (Å²) in [5, 5.41) is -0.893. The van der Waals surface area contributed by atoms with Gasteiger partial charge in [-0.25, -0.2) is 18.0 Å². The quantitative estimate of drug-likeness (QED) is 0.347. The molecule has 0 bridgehead atoms. The monoisotopic (exact) mass is 261 g/mol. The molecule has 0 aromatic heterocycles. The molecule has 1 aliphatic carbocycles. The fraction of sp³-hybridized carbons (Fsp3) is 0.364. The predicted molar refractivity (Wildman–Crippen MR) is 55.0 cm³/mol. The molecule has 0 saturated heterocycles. The van der Waals surface area contributed by atoms with Crippen molar-refractivity contribution in [3.05, 3.63) is 34.1 Å². The molecule has 0 N–H and O–H groups in total. The van der Waals surface area contributed by atoms with Gasteiger partial charge in [-0.05, 0) is 25.3 Å². The molecule has 0 amide bonds. The first kappa shape index (κ1) is 12.1. The first-order valence-corrected chi connectivity index (χ1v) is 5.32. The molecule has 2 rings (SSSR count). The average Bonchev–Trinajstić information content (AvgIpc) is 2.26. The van der Waals surface area contributed by atoms with E-state index in [1.54, 1.807) is 0 Å². The Balaban J connectivity index is 2.63. The summed E-state index contributed by atoms with van der Waals surface area (Å²) in [7, 11) is 0. The number of hydrogen-bond donors (Lipinski definition) is 0. The SMILES string of the molecule is O=C=NC1(c2cc(F)c(Cl)c(F)c2F)CCC1. The minimum absolute atomic E-state index is 0.272. The van der Waals surface area contributed by atoms with E-state index in [9.17, 15) is 18.0 Å². The highest BCUT2D eigenvalue weighted by molar-refractivity contribution is 6.30. The molecule has 90 valence electrons. The maximum absolute atomic E-state index is 13.7. The number of rotatable bonds is 2. The number of isocyanates is 1. The highest BCUT2D eigenvalue weighted by Crippen LogP contribution is 2.46. The maximum atomic E-state index is 13.7. The average molecular weight is 262 g/mol. The van der Waals surface area contributed by atoms with Crippen LogP contribution in [0.3, 0.4) is 0 Å². The van der Waals surface area contributed by atoms with E-state index in [-0.39, 0.29) is 5.56 Å². The van der Waals surface area contributed by atoms with Crippen molar-refractivity contribution in [2.75, 3.05) is 0 Å². The van der Waals surface area contributed by atoms with Gasteiger partial charge in [-0.1, -0.05) is 11.6 Å². The van der Waals surface area contributed by atoms with Gasteiger partial charge in [-0.15, -0.1) is 0 Å². The Morgan fingerprint density at radius 1 is 1.29 bits per heavy atom. The Kier molecular flexibility index (Phi) is 2.98. The van der Waals surface area contributed by atoms with Gasteiger partial charge in [0.05, 0.1) is 0 Å². The van der Waals surface area contributed by atoms with E-state index in [4.69, 9.17) is 11.6 Å². The van der Waals surface area contributed by atoms with E-state index in [0.717, 1.165) is 6.07 Å². The van der Waals surface area contributed by atoms with Gasteiger partial charge in [0.2, 0.25) is 6.08 Å². The number of halogens is 4. The zero-order chi connectivity index (χ0) is 12.6. The summed E-state index contributed by atoms with van der Waals surface area (Å²) in [4.78, 5) is 13.8. The molecular formula is C11H7ClF3NO. The zero-order valence-corrected chi connectivity index (χ0v) is 9.32. The van der Waals surface area contributed by atoms with Gasteiger partial charge in [-0.3, -0.25) is 0 Å². The summed E-state index contributed by atoms with van der Waals surface area (Å²) in [5.74, 6) is -3.77. The summed E-state index contributed by atoms with van der Waals surface area (Å²) in [6, 6.07) is 0.792. The van der Waals surface area contributed by atoms with Crippen LogP contribution in [0.15, 0.2) is 11.1 Å². The summed E-state index contributed by atoms with van der Waals surface area (Å²) in [5.41, 5.74) is -1.45. The number of aliphatic imine (C=N–C) groups is 1. The lowest BCUT2D eigenvalue weighted by Crippen LogP contribution is -2.33. The van der Waals surface area contributed by atoms with Crippen LogP contribution in [0, 0.1) is 17.5 Å². The molecule has 1 aliphatic rings. The van der Waals surface area contributed by atoms with Crippen LogP contribution in [-0.2, 0) is 10.3 Å². The molecule has 2 nitrogen and oxygen atoms in total. The summed E-state index contributed by atoms with van der Waals surface area (Å²) in [6.45, 7) is 0. The topological polar surface area (TPSA) is 29.4 Å². The van der Waals surface area contributed by atoms with Gasteiger partial charge >= 0.3 is 0 Å². The van der Waals surface area contributed by atoms with Crippen LogP contribution in [0.2, 0.25) is 5.02 Å². The number of benzene rings is 1. The van der Waals surface area contributed by atoms with E-state index in [1.807, 2.05) is 0 Å². The van der Waals surface area contributed by atoms with E-state index in [1.165, 1.54) is 6.08 Å². The van der Waals surface area contributed by atoms with Crippen molar-refractivity contribution >= 4 is 17.7 Å². The van der Waals surface area contributed by atoms with E-state index in [0.29, 0.717) is 19.3 Å². The Bertz CT molecular complexity index is 522. The van der Waals surface area contributed by atoms with Crippen molar-refractivity contribution in [3.63, 3.8) is 0 Å². The van der Waals surface area contributed by atoms with Crippen molar-refractivity contribution in [1.82, 2.24) is 0 Å². The number of carbonyl (C=O) groups excluding carboxylic acids is 1. The zero-order valence-electron chi connectivity index (χ0n) is 8.57. The molecule has 0 atom stereocenters. The molecule has 1 aromatic rings. The van der Waals surface area contributed by atoms with Gasteiger partial charge < -0.3 is 0 Å². The normalized spacial score (nSPS) is 17.2. The molecule has 1 saturated carbocycles. The van der Waals surface area contributed by atoms with E-state index in [2.05, 4.69) is 4.99 Å². The van der Waals surface area contributed by atoms with Crippen LogP contribution in [0.1, 0.15) is 24.8 Å². The molecule has 17 heavy (non-hydrogen) atoms. The van der Waals surface area contributed by atoms with Gasteiger partial charge in [-0.2, -0.15) is 4.99 Å². The first-order chi connectivity index (χ1) is 8.02. The third-order valence-electron chi connectivity index (χ3n) is 3.04. The second-order valence-electron chi connectivity index (χ2n) is 3.94. The van der Waals surface area contributed by atoms with Crippen LogP contribution in [0.4, 0.5) is 13.2 Å². The Labute approximate surface area is 100 Å². The molecule has 6 heteroatoms. The number of hydrogen-bond acceptors (Lipinski definition) is 2. The van der Waals surface area contributed by atoms with Gasteiger partial charge in [0.15, 0.2) is 11.6 Å². The molecule has 0 radical (unpaired) electrons. The predicted octanol–water partition coefficient (Wildman–Crippen LogP) is 3.47. The second kappa shape index (κ2) is 4.17. The van der Waals surface area contributed by atoms with Gasteiger partial charge in [0.1, 0.15) is 16.4 Å². The van der Waals surface area contributed by atoms with Gasteiger partial charge in [0.25, 0.3) is 0 Å². The van der Waals surface area contributed by atoms with E-state index >= 15 is 0 Å². The maximum Gasteiger partial charge on any atom is 0.235 e. The Morgan fingerprint density at radius 3 is 2.41 bits per heavy atom. The van der Waals surface area contributed by atoms with E-state index < -0.39 is 28.0 Å². The second-order valence-corrected chi connectivity index (χ2v) is 4.31. The van der Waals surface area contributed by atoms with Crippen molar-refractivity contribution in [1.29, 1.82) is 0 Å². The highest BCUT2D eigenvalue weighted by Gasteiger charge is 2.42. The van der Waals surface area contributed by atoms with Crippen LogP contribution < -0.4 is 0 Å². The summed E-state index contributed by atoms with van der Waals surface area (Å²) < 4.78 is 40.2. The molecule has 0 heterocycles. The molecule has 0 unspecified atom stereocenters. The lowest BCUT2D eigenvalue weighted by Gasteiger charge is -2.37. The minimum Gasteiger partial charge on any atom is -0.211 e. The van der Waals surface area contributed by atoms with Crippen molar-refractivity contribution in [2.24, 2.45) is 4.99 Å². The first-order valence-electron chi connectivity index (χ1n) is 4.94. The summed E-state index contributed by atoms with van der Waals surface area (Å²) in [6.07, 6.45) is 2.75. The standard InChI is InChI=1S/C11H7ClF3NO/c12-8-7(13)4-6(9(14)10(8)15)11(16-5-17)2-1-3-11/h4H,1-3H2. The van der Waals surface area contributed by atoms with Crippen LogP contribution in [0.25, 0.3) is 0 Å².